The van der Waals surface area contributed by atoms with Crippen LogP contribution in [0.3, 0.4) is 0 Å². The molecular formula is C12H26N2O3S. The molecule has 1 fully saturated rings. The van der Waals surface area contributed by atoms with Gasteiger partial charge < -0.3 is 4.74 Å². The fraction of sp³-hybridized carbons (Fsp3) is 1.00. The summed E-state index contributed by atoms with van der Waals surface area (Å²) in [5.41, 5.74) is 0. The van der Waals surface area contributed by atoms with Crippen molar-refractivity contribution in [3.63, 3.8) is 0 Å². The molecule has 0 bridgehead atoms. The standard InChI is InChI=1S/C12H26N2O3S/c1-11(2)6-5-7-12-10-14(8-9-17-12)18(15,16)13(3)4/h11-12H,5-10H2,1-4H3. The summed E-state index contributed by atoms with van der Waals surface area (Å²) in [5.74, 6) is 0.690. The summed E-state index contributed by atoms with van der Waals surface area (Å²) in [4.78, 5) is 0. The molecule has 1 rings (SSSR count). The molecule has 6 heteroatoms. The molecule has 1 atom stereocenters. The molecule has 108 valence electrons. The van der Waals surface area contributed by atoms with Gasteiger partial charge in [-0.1, -0.05) is 26.7 Å². The molecule has 1 saturated heterocycles. The average Bonchev–Trinajstić information content (AvgIpc) is 2.28. The highest BCUT2D eigenvalue weighted by molar-refractivity contribution is 7.86. The summed E-state index contributed by atoms with van der Waals surface area (Å²) >= 11 is 0. The molecule has 5 nitrogen and oxygen atoms in total. The van der Waals surface area contributed by atoms with Crippen LogP contribution in [0.4, 0.5) is 0 Å². The third-order valence-corrected chi connectivity index (χ3v) is 5.10. The van der Waals surface area contributed by atoms with Crippen molar-refractivity contribution in [2.45, 2.75) is 39.2 Å². The molecule has 1 aliphatic heterocycles. The van der Waals surface area contributed by atoms with Gasteiger partial charge in [-0.15, -0.1) is 0 Å². The average molecular weight is 278 g/mol. The minimum absolute atomic E-state index is 0.0484. The van der Waals surface area contributed by atoms with Gasteiger partial charge in [-0.05, 0) is 12.3 Å². The number of morpholine rings is 1. The van der Waals surface area contributed by atoms with Crippen LogP contribution in [0.25, 0.3) is 0 Å². The molecule has 0 aliphatic carbocycles. The molecule has 0 radical (unpaired) electrons. The Morgan fingerprint density at radius 2 is 2.06 bits per heavy atom. The summed E-state index contributed by atoms with van der Waals surface area (Å²) < 4.78 is 32.5. The highest BCUT2D eigenvalue weighted by atomic mass is 32.2. The lowest BCUT2D eigenvalue weighted by Crippen LogP contribution is -2.49. The van der Waals surface area contributed by atoms with Crippen LogP contribution >= 0.6 is 0 Å². The summed E-state index contributed by atoms with van der Waals surface area (Å²) in [6.07, 6.45) is 3.25. The van der Waals surface area contributed by atoms with Gasteiger partial charge >= 0.3 is 0 Å². The molecule has 0 aromatic carbocycles. The Morgan fingerprint density at radius 1 is 1.39 bits per heavy atom. The largest absolute Gasteiger partial charge is 0.375 e. The fourth-order valence-electron chi connectivity index (χ4n) is 2.06. The maximum Gasteiger partial charge on any atom is 0.281 e. The number of hydrogen-bond acceptors (Lipinski definition) is 3. The van der Waals surface area contributed by atoms with E-state index < -0.39 is 10.2 Å². The van der Waals surface area contributed by atoms with Crippen molar-refractivity contribution in [1.82, 2.24) is 8.61 Å². The molecule has 18 heavy (non-hydrogen) atoms. The molecule has 0 aromatic heterocycles. The number of rotatable bonds is 6. The minimum Gasteiger partial charge on any atom is -0.375 e. The molecule has 0 spiro atoms. The van der Waals surface area contributed by atoms with Crippen LogP contribution in [-0.2, 0) is 14.9 Å². The van der Waals surface area contributed by atoms with Gasteiger partial charge in [-0.25, -0.2) is 0 Å². The Balaban J connectivity index is 2.46. The van der Waals surface area contributed by atoms with Gasteiger partial charge in [-0.2, -0.15) is 17.0 Å². The molecule has 1 aliphatic rings. The second kappa shape index (κ2) is 6.84. The van der Waals surface area contributed by atoms with Crippen molar-refractivity contribution >= 4 is 10.2 Å². The van der Waals surface area contributed by atoms with E-state index in [-0.39, 0.29) is 6.10 Å². The van der Waals surface area contributed by atoms with E-state index in [9.17, 15) is 8.42 Å². The van der Waals surface area contributed by atoms with E-state index in [0.717, 1.165) is 12.8 Å². The summed E-state index contributed by atoms with van der Waals surface area (Å²) in [5, 5.41) is 0. The van der Waals surface area contributed by atoms with Crippen LogP contribution in [-0.4, -0.2) is 56.9 Å². The van der Waals surface area contributed by atoms with Crippen molar-refractivity contribution in [3.8, 4) is 0 Å². The Labute approximate surface area is 111 Å². The monoisotopic (exact) mass is 278 g/mol. The number of nitrogens with zero attached hydrogens (tertiary/aromatic N) is 2. The summed E-state index contributed by atoms with van der Waals surface area (Å²) in [7, 11) is -0.152. The van der Waals surface area contributed by atoms with E-state index in [4.69, 9.17) is 4.74 Å². The second-order valence-electron chi connectivity index (χ2n) is 5.47. The summed E-state index contributed by atoms with van der Waals surface area (Å²) in [6.45, 7) is 5.84. The molecule has 0 amide bonds. The van der Waals surface area contributed by atoms with E-state index in [1.165, 1.54) is 15.0 Å². The molecule has 1 heterocycles. The van der Waals surface area contributed by atoms with E-state index in [2.05, 4.69) is 13.8 Å². The first-order valence-corrected chi connectivity index (χ1v) is 8.03. The van der Waals surface area contributed by atoms with E-state index >= 15 is 0 Å². The Morgan fingerprint density at radius 3 is 2.61 bits per heavy atom. The lowest BCUT2D eigenvalue weighted by Gasteiger charge is -2.33. The maximum atomic E-state index is 12.0. The van der Waals surface area contributed by atoms with Crippen LogP contribution in [0.1, 0.15) is 33.1 Å². The first kappa shape index (κ1) is 15.9. The van der Waals surface area contributed by atoms with Crippen molar-refractivity contribution in [3.05, 3.63) is 0 Å². The smallest absolute Gasteiger partial charge is 0.281 e. The zero-order chi connectivity index (χ0) is 13.8. The molecule has 1 unspecified atom stereocenters. The van der Waals surface area contributed by atoms with E-state index in [0.29, 0.717) is 25.6 Å². The number of ether oxygens (including phenoxy) is 1. The molecule has 0 aromatic rings. The lowest BCUT2D eigenvalue weighted by molar-refractivity contribution is -0.00831. The van der Waals surface area contributed by atoms with Crippen molar-refractivity contribution in [1.29, 1.82) is 0 Å². The predicted molar refractivity (Wildman–Crippen MR) is 72.6 cm³/mol. The van der Waals surface area contributed by atoms with Crippen LogP contribution in [0.5, 0.6) is 0 Å². The first-order valence-electron chi connectivity index (χ1n) is 6.63. The van der Waals surface area contributed by atoms with Gasteiger partial charge in [0.1, 0.15) is 0 Å². The first-order chi connectivity index (χ1) is 8.34. The van der Waals surface area contributed by atoms with Crippen molar-refractivity contribution in [2.75, 3.05) is 33.8 Å². The van der Waals surface area contributed by atoms with Gasteiger partial charge in [0.05, 0.1) is 12.7 Å². The van der Waals surface area contributed by atoms with Gasteiger partial charge in [0.25, 0.3) is 10.2 Å². The van der Waals surface area contributed by atoms with Crippen molar-refractivity contribution < 1.29 is 13.2 Å². The summed E-state index contributed by atoms with van der Waals surface area (Å²) in [6, 6.07) is 0. The van der Waals surface area contributed by atoms with Crippen molar-refractivity contribution in [2.24, 2.45) is 5.92 Å². The SMILES string of the molecule is CC(C)CCCC1CN(S(=O)(=O)N(C)C)CCO1. The Bertz CT molecular complexity index is 341. The van der Waals surface area contributed by atoms with E-state index in [1.807, 2.05) is 0 Å². The number of hydrogen-bond donors (Lipinski definition) is 0. The highest BCUT2D eigenvalue weighted by Gasteiger charge is 2.30. The highest BCUT2D eigenvalue weighted by Crippen LogP contribution is 2.17. The van der Waals surface area contributed by atoms with Gasteiger partial charge in [0, 0.05) is 27.2 Å². The van der Waals surface area contributed by atoms with Gasteiger partial charge in [-0.3, -0.25) is 0 Å². The third kappa shape index (κ3) is 4.50. The zero-order valence-electron chi connectivity index (χ0n) is 11.9. The fourth-order valence-corrected chi connectivity index (χ4v) is 3.18. The Kier molecular flexibility index (Phi) is 6.04. The van der Waals surface area contributed by atoms with E-state index in [1.54, 1.807) is 14.1 Å². The maximum absolute atomic E-state index is 12.0. The minimum atomic E-state index is -3.29. The van der Waals surface area contributed by atoms with Crippen LogP contribution in [0.2, 0.25) is 0 Å². The molecular weight excluding hydrogens is 252 g/mol. The lowest BCUT2D eigenvalue weighted by atomic mass is 10.0. The Hall–Kier alpha value is -0.170. The molecule has 0 saturated carbocycles. The second-order valence-corrected chi connectivity index (χ2v) is 7.61. The third-order valence-electron chi connectivity index (χ3n) is 3.20. The normalized spacial score (nSPS) is 22.9. The quantitative estimate of drug-likeness (QED) is 0.736. The zero-order valence-corrected chi connectivity index (χ0v) is 12.7. The molecule has 0 N–H and O–H groups in total. The van der Waals surface area contributed by atoms with Crippen LogP contribution in [0.15, 0.2) is 0 Å². The van der Waals surface area contributed by atoms with Crippen LogP contribution < -0.4 is 0 Å². The van der Waals surface area contributed by atoms with Gasteiger partial charge in [0.2, 0.25) is 0 Å². The topological polar surface area (TPSA) is 49.9 Å². The predicted octanol–water partition coefficient (Wildman–Crippen LogP) is 1.32. The van der Waals surface area contributed by atoms with Crippen LogP contribution in [0, 0.1) is 5.92 Å². The van der Waals surface area contributed by atoms with Gasteiger partial charge in [0.15, 0.2) is 0 Å².